The van der Waals surface area contributed by atoms with Crippen LogP contribution in [0.15, 0.2) is 103 Å². The minimum atomic E-state index is -5.05. The fourth-order valence-electron chi connectivity index (χ4n) is 4.14. The van der Waals surface area contributed by atoms with Gasteiger partial charge < -0.3 is 10.6 Å². The van der Waals surface area contributed by atoms with Gasteiger partial charge >= 0.3 is 18.4 Å². The number of aromatic nitrogens is 1. The molecule has 2 amide bonds. The van der Waals surface area contributed by atoms with E-state index in [9.17, 15) is 31.1 Å². The Bertz CT molecular complexity index is 1300. The van der Waals surface area contributed by atoms with Crippen molar-refractivity contribution in [3.05, 3.63) is 131 Å². The lowest BCUT2D eigenvalue weighted by Crippen LogP contribution is -2.50. The zero-order valence-corrected chi connectivity index (χ0v) is 19.6. The van der Waals surface area contributed by atoms with Crippen molar-refractivity contribution in [1.82, 2.24) is 10.3 Å². The summed E-state index contributed by atoms with van der Waals surface area (Å²) >= 11 is 0. The van der Waals surface area contributed by atoms with Crippen LogP contribution in [-0.4, -0.2) is 11.0 Å². The summed E-state index contributed by atoms with van der Waals surface area (Å²) in [6.07, 6.45) is -8.38. The second-order valence-corrected chi connectivity index (χ2v) is 8.52. The predicted octanol–water partition coefficient (Wildman–Crippen LogP) is 7.43. The van der Waals surface area contributed by atoms with E-state index in [0.717, 1.165) is 5.56 Å². The number of nitrogens with zero attached hydrogens (tertiary/aromatic N) is 1. The minimum Gasteiger partial charge on any atom is -0.322 e. The lowest BCUT2D eigenvalue weighted by Gasteiger charge is -2.35. The molecule has 3 aromatic carbocycles. The van der Waals surface area contributed by atoms with Crippen LogP contribution >= 0.6 is 0 Å². The van der Waals surface area contributed by atoms with E-state index >= 15 is 0 Å². The summed E-state index contributed by atoms with van der Waals surface area (Å²) in [4.78, 5) is 17.7. The molecular formula is C28H21F6N3O. The third-order valence-corrected chi connectivity index (χ3v) is 5.85. The number of anilines is 1. The molecule has 196 valence electrons. The fourth-order valence-corrected chi connectivity index (χ4v) is 4.14. The first-order valence-electron chi connectivity index (χ1n) is 11.4. The quantitative estimate of drug-likeness (QED) is 0.255. The van der Waals surface area contributed by atoms with E-state index < -0.39 is 40.7 Å². The summed E-state index contributed by atoms with van der Waals surface area (Å²) in [7, 11) is 0. The largest absolute Gasteiger partial charge is 0.416 e. The normalized spacial score (nSPS) is 13.4. The SMILES string of the molecule is O=C(Nc1cc(C(F)(F)F)cc(C(F)(F)F)c1)NC(Cc1ccccc1)(c1ccccc1)c1ccccn1. The van der Waals surface area contributed by atoms with E-state index in [1.165, 1.54) is 6.20 Å². The van der Waals surface area contributed by atoms with Crippen LogP contribution in [0.1, 0.15) is 27.9 Å². The molecule has 0 spiro atoms. The number of nitrogens with one attached hydrogen (secondary N) is 2. The van der Waals surface area contributed by atoms with Crippen molar-refractivity contribution in [3.63, 3.8) is 0 Å². The highest BCUT2D eigenvalue weighted by Gasteiger charge is 2.39. The standard InChI is InChI=1S/C28H21F6N3O/c29-27(30,31)21-15-22(28(32,33)34)17-23(16-21)36-25(38)37-26(20-11-5-2-6-12-20,24-13-7-8-14-35-24)18-19-9-3-1-4-10-19/h1-17H,18H2,(H2,36,37,38). The molecule has 0 saturated heterocycles. The van der Waals surface area contributed by atoms with Gasteiger partial charge in [-0.05, 0) is 41.5 Å². The Morgan fingerprint density at radius 2 is 1.24 bits per heavy atom. The number of benzene rings is 3. The Hall–Kier alpha value is -4.34. The maximum Gasteiger partial charge on any atom is 0.416 e. The maximum atomic E-state index is 13.3. The third kappa shape index (κ3) is 6.13. The number of amides is 2. The molecule has 1 atom stereocenters. The van der Waals surface area contributed by atoms with E-state index in [2.05, 4.69) is 15.6 Å². The Morgan fingerprint density at radius 3 is 1.76 bits per heavy atom. The monoisotopic (exact) mass is 529 g/mol. The van der Waals surface area contributed by atoms with Gasteiger partial charge in [-0.1, -0.05) is 66.7 Å². The number of hydrogen-bond acceptors (Lipinski definition) is 2. The van der Waals surface area contributed by atoms with Gasteiger partial charge in [-0.15, -0.1) is 0 Å². The van der Waals surface area contributed by atoms with Crippen LogP contribution in [-0.2, 0) is 24.3 Å². The molecule has 4 nitrogen and oxygen atoms in total. The van der Waals surface area contributed by atoms with Crippen molar-refractivity contribution in [2.75, 3.05) is 5.32 Å². The van der Waals surface area contributed by atoms with Gasteiger partial charge in [0.15, 0.2) is 0 Å². The summed E-state index contributed by atoms with van der Waals surface area (Å²) in [5, 5.41) is 4.97. The van der Waals surface area contributed by atoms with Gasteiger partial charge in [-0.3, -0.25) is 4.98 Å². The van der Waals surface area contributed by atoms with Gasteiger partial charge in [0.05, 0.1) is 16.8 Å². The fraction of sp³-hybridized carbons (Fsp3) is 0.143. The first kappa shape index (κ1) is 26.7. The first-order chi connectivity index (χ1) is 18.0. The van der Waals surface area contributed by atoms with Crippen molar-refractivity contribution in [2.24, 2.45) is 0 Å². The molecule has 4 rings (SSSR count). The average molecular weight is 529 g/mol. The van der Waals surface area contributed by atoms with Crippen LogP contribution in [0.4, 0.5) is 36.8 Å². The van der Waals surface area contributed by atoms with Crippen molar-refractivity contribution in [2.45, 2.75) is 24.3 Å². The molecule has 10 heteroatoms. The van der Waals surface area contributed by atoms with Crippen LogP contribution < -0.4 is 10.6 Å². The zero-order chi connectivity index (χ0) is 27.4. The highest BCUT2D eigenvalue weighted by Crippen LogP contribution is 2.38. The molecule has 0 aliphatic rings. The highest BCUT2D eigenvalue weighted by molar-refractivity contribution is 5.90. The molecule has 0 fully saturated rings. The van der Waals surface area contributed by atoms with E-state index in [4.69, 9.17) is 0 Å². The summed E-state index contributed by atoms with van der Waals surface area (Å²) < 4.78 is 80.0. The van der Waals surface area contributed by atoms with E-state index in [-0.39, 0.29) is 12.5 Å². The van der Waals surface area contributed by atoms with Gasteiger partial charge in [0.2, 0.25) is 0 Å². The molecule has 0 bridgehead atoms. The Kier molecular flexibility index (Phi) is 7.43. The topological polar surface area (TPSA) is 54.0 Å². The Balaban J connectivity index is 1.78. The van der Waals surface area contributed by atoms with Crippen molar-refractivity contribution >= 4 is 11.7 Å². The number of rotatable bonds is 6. The van der Waals surface area contributed by atoms with Crippen LogP contribution in [0.5, 0.6) is 0 Å². The molecule has 1 aromatic heterocycles. The number of halogens is 6. The molecule has 38 heavy (non-hydrogen) atoms. The lowest BCUT2D eigenvalue weighted by molar-refractivity contribution is -0.143. The number of carbonyl (C=O) groups excluding carboxylic acids is 1. The minimum absolute atomic E-state index is 0.000636. The highest BCUT2D eigenvalue weighted by atomic mass is 19.4. The smallest absolute Gasteiger partial charge is 0.322 e. The van der Waals surface area contributed by atoms with Crippen LogP contribution in [0.25, 0.3) is 0 Å². The van der Waals surface area contributed by atoms with Gasteiger partial charge in [0.1, 0.15) is 5.54 Å². The molecule has 1 heterocycles. The zero-order valence-electron chi connectivity index (χ0n) is 19.6. The molecule has 0 aliphatic heterocycles. The van der Waals surface area contributed by atoms with Gasteiger partial charge in [-0.25, -0.2) is 4.79 Å². The Morgan fingerprint density at radius 1 is 0.684 bits per heavy atom. The van der Waals surface area contributed by atoms with E-state index in [1.54, 1.807) is 48.5 Å². The molecule has 1 unspecified atom stereocenters. The molecule has 0 aliphatic carbocycles. The van der Waals surface area contributed by atoms with E-state index in [0.29, 0.717) is 23.4 Å². The number of hydrogen-bond donors (Lipinski definition) is 2. The second kappa shape index (κ2) is 10.6. The van der Waals surface area contributed by atoms with Crippen LogP contribution in [0.2, 0.25) is 0 Å². The first-order valence-corrected chi connectivity index (χ1v) is 11.4. The Labute approximate surface area is 214 Å². The number of alkyl halides is 6. The number of pyridine rings is 1. The summed E-state index contributed by atoms with van der Waals surface area (Å²) in [6.45, 7) is 0. The summed E-state index contributed by atoms with van der Waals surface area (Å²) in [6, 6.07) is 22.9. The molecule has 0 radical (unpaired) electrons. The molecule has 4 aromatic rings. The molecule has 2 N–H and O–H groups in total. The van der Waals surface area contributed by atoms with Gasteiger partial charge in [0, 0.05) is 18.3 Å². The predicted molar refractivity (Wildman–Crippen MR) is 130 cm³/mol. The third-order valence-electron chi connectivity index (χ3n) is 5.85. The van der Waals surface area contributed by atoms with Crippen molar-refractivity contribution < 1.29 is 31.1 Å². The maximum absolute atomic E-state index is 13.3. The van der Waals surface area contributed by atoms with Gasteiger partial charge in [0.25, 0.3) is 0 Å². The van der Waals surface area contributed by atoms with E-state index in [1.807, 2.05) is 30.3 Å². The van der Waals surface area contributed by atoms with Crippen LogP contribution in [0.3, 0.4) is 0 Å². The summed E-state index contributed by atoms with van der Waals surface area (Å²) in [5.74, 6) is 0. The van der Waals surface area contributed by atoms with Crippen LogP contribution in [0, 0.1) is 0 Å². The summed E-state index contributed by atoms with van der Waals surface area (Å²) in [5.41, 5.74) is -3.21. The number of urea groups is 1. The molecular weight excluding hydrogens is 508 g/mol. The van der Waals surface area contributed by atoms with Gasteiger partial charge in [-0.2, -0.15) is 26.3 Å². The van der Waals surface area contributed by atoms with Crippen molar-refractivity contribution in [1.29, 1.82) is 0 Å². The second-order valence-electron chi connectivity index (χ2n) is 8.52. The van der Waals surface area contributed by atoms with Crippen molar-refractivity contribution in [3.8, 4) is 0 Å². The number of carbonyl (C=O) groups is 1. The molecule has 0 saturated carbocycles. The average Bonchev–Trinajstić information content (AvgIpc) is 2.88. The lowest BCUT2D eigenvalue weighted by atomic mass is 9.80.